The molecular weight excluding hydrogens is 238 g/mol. The third-order valence-corrected chi connectivity index (χ3v) is 2.87. The normalized spacial score (nSPS) is 10.1. The Bertz CT molecular complexity index is 576. The topological polar surface area (TPSA) is 45.2 Å². The van der Waals surface area contributed by atoms with E-state index in [2.05, 4.69) is 10.3 Å². The molecule has 19 heavy (non-hydrogen) atoms. The zero-order valence-corrected chi connectivity index (χ0v) is 11.3. The van der Waals surface area contributed by atoms with Crippen LogP contribution in [0.1, 0.15) is 10.4 Å². The first-order chi connectivity index (χ1) is 9.11. The summed E-state index contributed by atoms with van der Waals surface area (Å²) in [6, 6.07) is 11.5. The molecule has 0 radical (unpaired) electrons. The van der Waals surface area contributed by atoms with Crippen molar-refractivity contribution in [3.05, 3.63) is 48.2 Å². The van der Waals surface area contributed by atoms with Crippen molar-refractivity contribution in [2.75, 3.05) is 26.5 Å². The number of benzene rings is 1. The van der Waals surface area contributed by atoms with Gasteiger partial charge >= 0.3 is 0 Å². The molecule has 0 aliphatic heterocycles. The van der Waals surface area contributed by atoms with Gasteiger partial charge < -0.3 is 10.2 Å². The first kappa shape index (κ1) is 13.1. The minimum absolute atomic E-state index is 0.00153. The van der Waals surface area contributed by atoms with Gasteiger partial charge in [-0.15, -0.1) is 0 Å². The molecule has 98 valence electrons. The van der Waals surface area contributed by atoms with Gasteiger partial charge in [0.1, 0.15) is 5.82 Å². The van der Waals surface area contributed by atoms with Crippen LogP contribution in [0.15, 0.2) is 42.6 Å². The van der Waals surface area contributed by atoms with E-state index in [0.717, 1.165) is 16.9 Å². The van der Waals surface area contributed by atoms with E-state index in [9.17, 15) is 4.79 Å². The van der Waals surface area contributed by atoms with Crippen LogP contribution in [0, 0.1) is 0 Å². The Balaban J connectivity index is 2.34. The molecule has 0 atom stereocenters. The first-order valence-electron chi connectivity index (χ1n) is 6.07. The Labute approximate surface area is 113 Å². The van der Waals surface area contributed by atoms with E-state index < -0.39 is 0 Å². The number of carbonyl (C=O) groups excluding carboxylic acids is 1. The number of amides is 1. The molecule has 0 fully saturated rings. The number of nitrogens with one attached hydrogen (secondary N) is 1. The summed E-state index contributed by atoms with van der Waals surface area (Å²) >= 11 is 0. The van der Waals surface area contributed by atoms with Crippen molar-refractivity contribution in [1.82, 2.24) is 9.88 Å². The Morgan fingerprint density at radius 3 is 2.53 bits per heavy atom. The molecule has 1 heterocycles. The van der Waals surface area contributed by atoms with Gasteiger partial charge in [0.25, 0.3) is 5.91 Å². The summed E-state index contributed by atoms with van der Waals surface area (Å²) in [5.74, 6) is 0.825. The monoisotopic (exact) mass is 255 g/mol. The van der Waals surface area contributed by atoms with Crippen LogP contribution >= 0.6 is 0 Å². The molecule has 0 spiro atoms. The van der Waals surface area contributed by atoms with Gasteiger partial charge in [0.05, 0.1) is 0 Å². The highest BCUT2D eigenvalue weighted by Gasteiger charge is 2.08. The average molecular weight is 255 g/mol. The van der Waals surface area contributed by atoms with Crippen molar-refractivity contribution in [2.24, 2.45) is 0 Å². The lowest BCUT2D eigenvalue weighted by Gasteiger charge is -2.11. The zero-order chi connectivity index (χ0) is 13.8. The van der Waals surface area contributed by atoms with Crippen molar-refractivity contribution >= 4 is 11.7 Å². The van der Waals surface area contributed by atoms with Crippen LogP contribution < -0.4 is 5.32 Å². The number of rotatable bonds is 3. The maximum Gasteiger partial charge on any atom is 0.253 e. The third-order valence-electron chi connectivity index (χ3n) is 2.87. The lowest BCUT2D eigenvalue weighted by atomic mass is 10.0. The zero-order valence-electron chi connectivity index (χ0n) is 11.3. The number of anilines is 1. The second kappa shape index (κ2) is 5.52. The van der Waals surface area contributed by atoms with Crippen LogP contribution in [0.5, 0.6) is 0 Å². The fraction of sp³-hybridized carbons (Fsp3) is 0.200. The number of carbonyl (C=O) groups is 1. The number of aromatic nitrogens is 1. The molecule has 1 amide bonds. The van der Waals surface area contributed by atoms with E-state index in [1.165, 1.54) is 0 Å². The fourth-order valence-corrected chi connectivity index (χ4v) is 1.80. The van der Waals surface area contributed by atoms with E-state index in [1.54, 1.807) is 25.2 Å². The first-order valence-corrected chi connectivity index (χ1v) is 6.07. The Kier molecular flexibility index (Phi) is 3.80. The summed E-state index contributed by atoms with van der Waals surface area (Å²) < 4.78 is 0. The maximum atomic E-state index is 11.9. The summed E-state index contributed by atoms with van der Waals surface area (Å²) in [5.41, 5.74) is 2.66. The molecule has 1 N–H and O–H groups in total. The molecule has 0 unspecified atom stereocenters. The molecule has 0 aliphatic carbocycles. The summed E-state index contributed by atoms with van der Waals surface area (Å²) in [5, 5.41) is 2.98. The SMILES string of the molecule is CNc1ccc(-c2cccc(C(=O)N(C)C)c2)cn1. The van der Waals surface area contributed by atoms with Gasteiger partial charge in [-0.25, -0.2) is 4.98 Å². The van der Waals surface area contributed by atoms with Gasteiger partial charge in [0, 0.05) is 38.5 Å². The highest BCUT2D eigenvalue weighted by Crippen LogP contribution is 2.21. The molecular formula is C15H17N3O. The van der Waals surface area contributed by atoms with Crippen LogP contribution in [0.25, 0.3) is 11.1 Å². The minimum atomic E-state index is 0.00153. The number of hydrogen-bond acceptors (Lipinski definition) is 3. The Morgan fingerprint density at radius 2 is 1.95 bits per heavy atom. The molecule has 0 saturated heterocycles. The maximum absolute atomic E-state index is 11.9. The molecule has 0 bridgehead atoms. The van der Waals surface area contributed by atoms with Gasteiger partial charge in [-0.3, -0.25) is 4.79 Å². The van der Waals surface area contributed by atoms with Crippen LogP contribution in [-0.4, -0.2) is 36.9 Å². The van der Waals surface area contributed by atoms with E-state index in [1.807, 2.05) is 43.4 Å². The summed E-state index contributed by atoms with van der Waals surface area (Å²) in [4.78, 5) is 17.8. The quantitative estimate of drug-likeness (QED) is 0.916. The van der Waals surface area contributed by atoms with Gasteiger partial charge in [-0.2, -0.15) is 0 Å². The van der Waals surface area contributed by atoms with Gasteiger partial charge in [0.15, 0.2) is 0 Å². The van der Waals surface area contributed by atoms with Crippen molar-refractivity contribution in [2.45, 2.75) is 0 Å². The molecule has 4 nitrogen and oxygen atoms in total. The van der Waals surface area contributed by atoms with Gasteiger partial charge in [-0.05, 0) is 29.8 Å². The summed E-state index contributed by atoms with van der Waals surface area (Å²) in [6.45, 7) is 0. The second-order valence-corrected chi connectivity index (χ2v) is 4.46. The van der Waals surface area contributed by atoms with Crippen molar-refractivity contribution in [1.29, 1.82) is 0 Å². The Hall–Kier alpha value is -2.36. The van der Waals surface area contributed by atoms with E-state index in [-0.39, 0.29) is 5.91 Å². The highest BCUT2D eigenvalue weighted by molar-refractivity contribution is 5.95. The smallest absolute Gasteiger partial charge is 0.253 e. The molecule has 1 aromatic carbocycles. The molecule has 2 rings (SSSR count). The third kappa shape index (κ3) is 2.91. The van der Waals surface area contributed by atoms with Crippen molar-refractivity contribution in [3.8, 4) is 11.1 Å². The van der Waals surface area contributed by atoms with Crippen molar-refractivity contribution < 1.29 is 4.79 Å². The second-order valence-electron chi connectivity index (χ2n) is 4.46. The van der Waals surface area contributed by atoms with E-state index in [0.29, 0.717) is 5.56 Å². The van der Waals surface area contributed by atoms with Crippen LogP contribution in [0.2, 0.25) is 0 Å². The average Bonchev–Trinajstić information content (AvgIpc) is 2.46. The van der Waals surface area contributed by atoms with Crippen LogP contribution in [-0.2, 0) is 0 Å². The highest BCUT2D eigenvalue weighted by atomic mass is 16.2. The van der Waals surface area contributed by atoms with Gasteiger partial charge in [0.2, 0.25) is 0 Å². The molecule has 0 aliphatic rings. The molecule has 4 heteroatoms. The number of pyridine rings is 1. The summed E-state index contributed by atoms with van der Waals surface area (Å²) in [6.07, 6.45) is 1.80. The lowest BCUT2D eigenvalue weighted by molar-refractivity contribution is 0.0827. The van der Waals surface area contributed by atoms with Crippen LogP contribution in [0.4, 0.5) is 5.82 Å². The van der Waals surface area contributed by atoms with E-state index in [4.69, 9.17) is 0 Å². The van der Waals surface area contributed by atoms with Crippen LogP contribution in [0.3, 0.4) is 0 Å². The standard InChI is InChI=1S/C15H17N3O/c1-16-14-8-7-13(10-17-14)11-5-4-6-12(9-11)15(19)18(2)3/h4-10H,1-3H3,(H,16,17). The number of hydrogen-bond donors (Lipinski definition) is 1. The lowest BCUT2D eigenvalue weighted by Crippen LogP contribution is -2.21. The Morgan fingerprint density at radius 1 is 1.16 bits per heavy atom. The number of nitrogens with zero attached hydrogens (tertiary/aromatic N) is 2. The summed E-state index contributed by atoms with van der Waals surface area (Å²) in [7, 11) is 5.33. The molecule has 2 aromatic rings. The largest absolute Gasteiger partial charge is 0.373 e. The molecule has 1 aromatic heterocycles. The van der Waals surface area contributed by atoms with E-state index >= 15 is 0 Å². The predicted octanol–water partition coefficient (Wildman–Crippen LogP) is 2.49. The van der Waals surface area contributed by atoms with Gasteiger partial charge in [-0.1, -0.05) is 12.1 Å². The fourth-order valence-electron chi connectivity index (χ4n) is 1.80. The van der Waals surface area contributed by atoms with Crippen molar-refractivity contribution in [3.63, 3.8) is 0 Å². The predicted molar refractivity (Wildman–Crippen MR) is 77.2 cm³/mol. The minimum Gasteiger partial charge on any atom is -0.373 e. The molecule has 0 saturated carbocycles.